The van der Waals surface area contributed by atoms with Crippen LogP contribution in [0.1, 0.15) is 43.2 Å². The van der Waals surface area contributed by atoms with Crippen molar-refractivity contribution >= 4 is 23.2 Å². The van der Waals surface area contributed by atoms with Crippen LogP contribution in [-0.4, -0.2) is 36.3 Å². The average molecular weight is 427 g/mol. The van der Waals surface area contributed by atoms with E-state index in [-0.39, 0.29) is 17.9 Å². The van der Waals surface area contributed by atoms with E-state index in [4.69, 9.17) is 21.2 Å². The number of hydrogen-bond donors (Lipinski definition) is 0. The first kappa shape index (κ1) is 20.7. The van der Waals surface area contributed by atoms with Crippen LogP contribution in [0.15, 0.2) is 53.7 Å². The molecule has 1 saturated carbocycles. The van der Waals surface area contributed by atoms with E-state index in [1.807, 2.05) is 53.4 Å². The van der Waals surface area contributed by atoms with Crippen LogP contribution in [0.2, 0.25) is 5.02 Å². The highest BCUT2D eigenvalue weighted by Crippen LogP contribution is 2.29. The van der Waals surface area contributed by atoms with Crippen LogP contribution in [0.25, 0.3) is 0 Å². The quantitative estimate of drug-likeness (QED) is 0.621. The summed E-state index contributed by atoms with van der Waals surface area (Å²) in [5.74, 6) is 1.12. The highest BCUT2D eigenvalue weighted by Gasteiger charge is 2.32. The summed E-state index contributed by atoms with van der Waals surface area (Å²) in [5, 5.41) is 4.93. The number of amides is 1. The molecule has 4 rings (SSSR count). The van der Waals surface area contributed by atoms with Crippen molar-refractivity contribution in [3.63, 3.8) is 0 Å². The van der Waals surface area contributed by atoms with Gasteiger partial charge >= 0.3 is 0 Å². The zero-order chi connectivity index (χ0) is 20.9. The van der Waals surface area contributed by atoms with E-state index in [9.17, 15) is 4.79 Å². The first-order valence-electron chi connectivity index (χ1n) is 10.5. The maximum absolute atomic E-state index is 13.3. The third kappa shape index (κ3) is 4.78. The number of hydrogen-bond acceptors (Lipinski definition) is 4. The minimum Gasteiger partial charge on any atom is -0.497 e. The Bertz CT molecular complexity index is 924. The summed E-state index contributed by atoms with van der Waals surface area (Å²) in [6.07, 6.45) is 4.66. The maximum Gasteiger partial charge on any atom is 0.226 e. The molecule has 1 amide bonds. The summed E-state index contributed by atoms with van der Waals surface area (Å²) in [6, 6.07) is 15.5. The molecule has 1 atom stereocenters. The summed E-state index contributed by atoms with van der Waals surface area (Å²) in [7, 11) is 1.65. The van der Waals surface area contributed by atoms with E-state index in [0.29, 0.717) is 24.5 Å². The van der Waals surface area contributed by atoms with Gasteiger partial charge in [0.05, 0.1) is 19.4 Å². The molecule has 1 unspecified atom stereocenters. The number of halogens is 1. The monoisotopic (exact) mass is 426 g/mol. The van der Waals surface area contributed by atoms with Gasteiger partial charge in [-0.15, -0.1) is 0 Å². The SMILES string of the molecule is COc1cccc(CN(CC2CC(c3ccccc3Cl)=NO2)C(=O)C2CCCC2)c1. The van der Waals surface area contributed by atoms with Gasteiger partial charge in [0.25, 0.3) is 0 Å². The summed E-state index contributed by atoms with van der Waals surface area (Å²) in [5.41, 5.74) is 2.77. The van der Waals surface area contributed by atoms with Gasteiger partial charge in [-0.05, 0) is 36.6 Å². The third-order valence-electron chi connectivity index (χ3n) is 5.87. The lowest BCUT2D eigenvalue weighted by Crippen LogP contribution is -2.40. The minimum absolute atomic E-state index is 0.112. The molecule has 1 aliphatic heterocycles. The van der Waals surface area contributed by atoms with Crippen LogP contribution in [0, 0.1) is 5.92 Å². The first-order chi connectivity index (χ1) is 14.6. The zero-order valence-corrected chi connectivity index (χ0v) is 18.0. The summed E-state index contributed by atoms with van der Waals surface area (Å²) < 4.78 is 5.35. The van der Waals surface area contributed by atoms with E-state index in [2.05, 4.69) is 5.16 Å². The van der Waals surface area contributed by atoms with Gasteiger partial charge in [0.1, 0.15) is 5.75 Å². The lowest BCUT2D eigenvalue weighted by atomic mass is 10.0. The largest absolute Gasteiger partial charge is 0.497 e. The second-order valence-electron chi connectivity index (χ2n) is 8.00. The second kappa shape index (κ2) is 9.52. The number of rotatable bonds is 7. The molecule has 2 aromatic rings. The molecule has 0 aromatic heterocycles. The molecule has 6 heteroatoms. The Labute approximate surface area is 182 Å². The van der Waals surface area contributed by atoms with Crippen molar-refractivity contribution < 1.29 is 14.4 Å². The summed E-state index contributed by atoms with van der Waals surface area (Å²) >= 11 is 6.32. The molecule has 5 nitrogen and oxygen atoms in total. The molecule has 0 spiro atoms. The van der Waals surface area contributed by atoms with Gasteiger partial charge < -0.3 is 14.5 Å². The number of oxime groups is 1. The number of benzene rings is 2. The predicted molar refractivity (Wildman–Crippen MR) is 118 cm³/mol. The Hall–Kier alpha value is -2.53. The van der Waals surface area contributed by atoms with Crippen LogP contribution < -0.4 is 4.74 Å². The number of ether oxygens (including phenoxy) is 1. The van der Waals surface area contributed by atoms with E-state index in [0.717, 1.165) is 48.3 Å². The summed E-state index contributed by atoms with van der Waals surface area (Å²) in [6.45, 7) is 1.04. The van der Waals surface area contributed by atoms with Crippen LogP contribution in [0.4, 0.5) is 0 Å². The Kier molecular flexibility index (Phi) is 6.58. The highest BCUT2D eigenvalue weighted by molar-refractivity contribution is 6.34. The molecule has 1 heterocycles. The highest BCUT2D eigenvalue weighted by atomic mass is 35.5. The van der Waals surface area contributed by atoms with Gasteiger partial charge in [0, 0.05) is 29.5 Å². The van der Waals surface area contributed by atoms with Crippen molar-refractivity contribution in [2.75, 3.05) is 13.7 Å². The van der Waals surface area contributed by atoms with Gasteiger partial charge in [-0.2, -0.15) is 0 Å². The van der Waals surface area contributed by atoms with E-state index < -0.39 is 0 Å². The number of carbonyl (C=O) groups is 1. The lowest BCUT2D eigenvalue weighted by molar-refractivity contribution is -0.137. The minimum atomic E-state index is -0.174. The lowest BCUT2D eigenvalue weighted by Gasteiger charge is -2.27. The van der Waals surface area contributed by atoms with Gasteiger partial charge in [-0.1, -0.05) is 59.9 Å². The molecule has 2 aromatic carbocycles. The average Bonchev–Trinajstić information content (AvgIpc) is 3.46. The Morgan fingerprint density at radius 2 is 2.00 bits per heavy atom. The molecule has 30 heavy (non-hydrogen) atoms. The van der Waals surface area contributed by atoms with E-state index >= 15 is 0 Å². The fraction of sp³-hybridized carbons (Fsp3) is 0.417. The molecule has 2 aliphatic rings. The van der Waals surface area contributed by atoms with Gasteiger partial charge in [-0.25, -0.2) is 0 Å². The third-order valence-corrected chi connectivity index (χ3v) is 6.20. The Morgan fingerprint density at radius 1 is 1.20 bits per heavy atom. The fourth-order valence-corrected chi connectivity index (χ4v) is 4.53. The zero-order valence-electron chi connectivity index (χ0n) is 17.2. The Morgan fingerprint density at radius 3 is 2.77 bits per heavy atom. The molecule has 0 bridgehead atoms. The number of methoxy groups -OCH3 is 1. The van der Waals surface area contributed by atoms with Gasteiger partial charge in [0.15, 0.2) is 6.10 Å². The second-order valence-corrected chi connectivity index (χ2v) is 8.41. The molecular formula is C24H27ClN2O3. The topological polar surface area (TPSA) is 51.1 Å². The smallest absolute Gasteiger partial charge is 0.226 e. The van der Waals surface area contributed by atoms with Crippen LogP contribution in [0.5, 0.6) is 5.75 Å². The van der Waals surface area contributed by atoms with Crippen LogP contribution in [-0.2, 0) is 16.2 Å². The first-order valence-corrected chi connectivity index (χ1v) is 10.9. The van der Waals surface area contributed by atoms with E-state index in [1.165, 1.54) is 0 Å². The van der Waals surface area contributed by atoms with Gasteiger partial charge in [-0.3, -0.25) is 4.79 Å². The Balaban J connectivity index is 1.47. The number of nitrogens with zero attached hydrogens (tertiary/aromatic N) is 2. The van der Waals surface area contributed by atoms with Crippen molar-refractivity contribution in [3.05, 3.63) is 64.7 Å². The molecule has 158 valence electrons. The van der Waals surface area contributed by atoms with Crippen molar-refractivity contribution in [3.8, 4) is 5.75 Å². The van der Waals surface area contributed by atoms with Crippen molar-refractivity contribution in [2.45, 2.75) is 44.8 Å². The van der Waals surface area contributed by atoms with Crippen LogP contribution in [0.3, 0.4) is 0 Å². The van der Waals surface area contributed by atoms with Crippen LogP contribution >= 0.6 is 11.6 Å². The normalized spacial score (nSPS) is 18.7. The molecule has 0 radical (unpaired) electrons. The molecule has 1 fully saturated rings. The predicted octanol–water partition coefficient (Wildman–Crippen LogP) is 5.06. The fourth-order valence-electron chi connectivity index (χ4n) is 4.28. The molecular weight excluding hydrogens is 400 g/mol. The summed E-state index contributed by atoms with van der Waals surface area (Å²) in [4.78, 5) is 20.9. The molecule has 0 saturated heterocycles. The molecule has 0 N–H and O–H groups in total. The standard InChI is InChI=1S/C24H27ClN2O3/c1-29-19-10-6-7-17(13-19)15-27(24(28)18-8-2-3-9-18)16-20-14-23(26-30-20)21-11-4-5-12-22(21)25/h4-7,10-13,18,20H,2-3,8-9,14-16H2,1H3. The molecule has 1 aliphatic carbocycles. The van der Waals surface area contributed by atoms with Crippen molar-refractivity contribution in [1.82, 2.24) is 4.90 Å². The number of carbonyl (C=O) groups excluding carboxylic acids is 1. The van der Waals surface area contributed by atoms with Crippen molar-refractivity contribution in [1.29, 1.82) is 0 Å². The maximum atomic E-state index is 13.3. The van der Waals surface area contributed by atoms with Gasteiger partial charge in [0.2, 0.25) is 5.91 Å². The van der Waals surface area contributed by atoms with Crippen molar-refractivity contribution in [2.24, 2.45) is 11.1 Å². The van der Waals surface area contributed by atoms with E-state index in [1.54, 1.807) is 7.11 Å².